The molecule has 1 aliphatic carbocycles. The molecule has 1 aliphatic rings. The number of carbonyl (C=O) groups excluding carboxylic acids is 1. The summed E-state index contributed by atoms with van der Waals surface area (Å²) >= 11 is 5.84. The molecule has 2 aromatic rings. The molecule has 0 bridgehead atoms. The zero-order chi connectivity index (χ0) is 18.9. The van der Waals surface area contributed by atoms with Crippen LogP contribution in [0.25, 0.3) is 0 Å². The molecule has 2 aromatic carbocycles. The lowest BCUT2D eigenvalue weighted by Crippen LogP contribution is -2.25. The van der Waals surface area contributed by atoms with Crippen LogP contribution >= 0.6 is 11.6 Å². The zero-order valence-corrected chi connectivity index (χ0v) is 15.5. The Morgan fingerprint density at radius 2 is 1.81 bits per heavy atom. The maximum Gasteiger partial charge on any atom is 0.328 e. The van der Waals surface area contributed by atoms with E-state index >= 15 is 0 Å². The van der Waals surface area contributed by atoms with E-state index in [9.17, 15) is 18.5 Å². The van der Waals surface area contributed by atoms with Crippen molar-refractivity contribution in [1.29, 1.82) is 5.26 Å². The Labute approximate surface area is 157 Å². The van der Waals surface area contributed by atoms with Gasteiger partial charge in [-0.3, -0.25) is 4.79 Å². The molecule has 0 unspecified atom stereocenters. The number of esters is 1. The number of benzene rings is 2. The number of halogens is 1. The first-order valence-electron chi connectivity index (χ1n) is 8.02. The van der Waals surface area contributed by atoms with Crippen molar-refractivity contribution in [3.8, 4) is 6.07 Å². The first-order chi connectivity index (χ1) is 12.4. The van der Waals surface area contributed by atoms with Gasteiger partial charge in [0, 0.05) is 10.9 Å². The second-order valence-corrected chi connectivity index (χ2v) is 8.51. The number of sulfone groups is 1. The van der Waals surface area contributed by atoms with Crippen LogP contribution in [0.2, 0.25) is 5.02 Å². The van der Waals surface area contributed by atoms with E-state index in [2.05, 4.69) is 0 Å². The largest absolute Gasteiger partial charge is 0.465 e. The predicted octanol–water partition coefficient (Wildman–Crippen LogP) is 3.35. The smallest absolute Gasteiger partial charge is 0.328 e. The number of nitrogens with zero attached hydrogens (tertiary/aromatic N) is 1. The van der Waals surface area contributed by atoms with Gasteiger partial charge in [0.15, 0.2) is 15.3 Å². The Morgan fingerprint density at radius 3 is 2.35 bits per heavy atom. The average Bonchev–Trinajstić information content (AvgIpc) is 3.35. The maximum absolute atomic E-state index is 13.2. The molecule has 26 heavy (non-hydrogen) atoms. The van der Waals surface area contributed by atoms with Crippen LogP contribution in [0.5, 0.6) is 0 Å². The lowest BCUT2D eigenvalue weighted by Gasteiger charge is -2.09. The SMILES string of the molecule is CCOC(=O)[C@@]1(C#N)[C@H](S(=O)(=O)c2ccc(Cl)cc2)[C@@H]1c1ccccc1. The van der Waals surface area contributed by atoms with Crippen LogP contribution in [0.4, 0.5) is 0 Å². The van der Waals surface area contributed by atoms with Gasteiger partial charge in [-0.15, -0.1) is 0 Å². The monoisotopic (exact) mass is 389 g/mol. The molecule has 5 nitrogen and oxygen atoms in total. The fourth-order valence-electron chi connectivity index (χ4n) is 3.32. The number of hydrogen-bond donors (Lipinski definition) is 0. The number of hydrogen-bond acceptors (Lipinski definition) is 5. The standard InChI is InChI=1S/C19H16ClNO4S/c1-2-25-18(22)19(12-21)16(13-6-4-3-5-7-13)17(19)26(23,24)15-10-8-14(20)9-11-15/h3-11,16-17H,2H2,1H3/t16-,17+,19+/m0/s1. The van der Waals surface area contributed by atoms with Crippen LogP contribution in [0.1, 0.15) is 18.4 Å². The highest BCUT2D eigenvalue weighted by atomic mass is 35.5. The van der Waals surface area contributed by atoms with Gasteiger partial charge >= 0.3 is 5.97 Å². The average molecular weight is 390 g/mol. The van der Waals surface area contributed by atoms with Crippen molar-refractivity contribution in [3.05, 3.63) is 65.2 Å². The lowest BCUT2D eigenvalue weighted by atomic mass is 10.0. The Morgan fingerprint density at radius 1 is 1.19 bits per heavy atom. The molecule has 0 aliphatic heterocycles. The summed E-state index contributed by atoms with van der Waals surface area (Å²) in [6.07, 6.45) is 0. The van der Waals surface area contributed by atoms with Crippen molar-refractivity contribution in [2.45, 2.75) is 23.0 Å². The highest BCUT2D eigenvalue weighted by molar-refractivity contribution is 7.92. The molecule has 0 spiro atoms. The normalized spacial score (nSPS) is 24.5. The Kier molecular flexibility index (Phi) is 4.78. The number of rotatable bonds is 5. The van der Waals surface area contributed by atoms with E-state index in [-0.39, 0.29) is 11.5 Å². The summed E-state index contributed by atoms with van der Waals surface area (Å²) in [5, 5.41) is 8.97. The second-order valence-electron chi connectivity index (χ2n) is 6.01. The first kappa shape index (κ1) is 18.4. The minimum absolute atomic E-state index is 0.0225. The third kappa shape index (κ3) is 2.77. The molecule has 0 saturated heterocycles. The highest BCUT2D eigenvalue weighted by Crippen LogP contribution is 2.64. The van der Waals surface area contributed by atoms with Crippen molar-refractivity contribution < 1.29 is 17.9 Å². The summed E-state index contributed by atoms with van der Waals surface area (Å²) < 4.78 is 31.4. The third-order valence-corrected chi connectivity index (χ3v) is 7.06. The molecule has 3 atom stereocenters. The van der Waals surface area contributed by atoms with Gasteiger partial charge in [-0.1, -0.05) is 41.9 Å². The fourth-order valence-corrected chi connectivity index (χ4v) is 5.69. The molecule has 0 aromatic heterocycles. The Hall–Kier alpha value is -2.36. The minimum atomic E-state index is -3.94. The molecular weight excluding hydrogens is 374 g/mol. The van der Waals surface area contributed by atoms with Crippen molar-refractivity contribution in [2.24, 2.45) is 5.41 Å². The molecule has 7 heteroatoms. The summed E-state index contributed by atoms with van der Waals surface area (Å²) in [5.74, 6) is -1.59. The van der Waals surface area contributed by atoms with Crippen LogP contribution in [-0.4, -0.2) is 26.2 Å². The predicted molar refractivity (Wildman–Crippen MR) is 96.3 cm³/mol. The van der Waals surface area contributed by atoms with Gasteiger partial charge in [0.25, 0.3) is 0 Å². The van der Waals surface area contributed by atoms with E-state index in [1.54, 1.807) is 37.3 Å². The zero-order valence-electron chi connectivity index (χ0n) is 13.9. The van der Waals surface area contributed by atoms with E-state index in [0.717, 1.165) is 0 Å². The van der Waals surface area contributed by atoms with Crippen molar-refractivity contribution >= 4 is 27.4 Å². The first-order valence-corrected chi connectivity index (χ1v) is 9.95. The van der Waals surface area contributed by atoms with Crippen molar-refractivity contribution in [2.75, 3.05) is 6.61 Å². The van der Waals surface area contributed by atoms with E-state index in [0.29, 0.717) is 10.6 Å². The van der Waals surface area contributed by atoms with Gasteiger partial charge in [-0.2, -0.15) is 5.26 Å². The Balaban J connectivity index is 2.12. The molecular formula is C19H16ClNO4S. The van der Waals surface area contributed by atoms with Gasteiger partial charge in [0.05, 0.1) is 17.6 Å². The summed E-state index contributed by atoms with van der Waals surface area (Å²) in [6, 6.07) is 16.3. The topological polar surface area (TPSA) is 84.2 Å². The number of carbonyl (C=O) groups is 1. The van der Waals surface area contributed by atoms with Gasteiger partial charge in [-0.05, 0) is 36.8 Å². The quantitative estimate of drug-likeness (QED) is 0.732. The van der Waals surface area contributed by atoms with Crippen LogP contribution in [0, 0.1) is 16.7 Å². The van der Waals surface area contributed by atoms with Gasteiger partial charge in [0.1, 0.15) is 5.25 Å². The van der Waals surface area contributed by atoms with Crippen LogP contribution in [-0.2, 0) is 19.4 Å². The molecule has 134 valence electrons. The molecule has 0 N–H and O–H groups in total. The van der Waals surface area contributed by atoms with E-state index < -0.39 is 32.4 Å². The lowest BCUT2D eigenvalue weighted by molar-refractivity contribution is -0.147. The molecule has 1 saturated carbocycles. The molecule has 3 rings (SSSR count). The summed E-state index contributed by atoms with van der Waals surface area (Å²) in [4.78, 5) is 12.6. The van der Waals surface area contributed by atoms with E-state index in [1.807, 2.05) is 6.07 Å². The molecule has 0 radical (unpaired) electrons. The highest BCUT2D eigenvalue weighted by Gasteiger charge is 2.77. The van der Waals surface area contributed by atoms with Gasteiger partial charge in [-0.25, -0.2) is 8.42 Å². The van der Waals surface area contributed by atoms with Gasteiger partial charge in [0.2, 0.25) is 0 Å². The van der Waals surface area contributed by atoms with Crippen molar-refractivity contribution in [3.63, 3.8) is 0 Å². The maximum atomic E-state index is 13.2. The third-order valence-electron chi connectivity index (χ3n) is 4.57. The summed E-state index contributed by atoms with van der Waals surface area (Å²) in [7, 11) is -3.94. The number of nitriles is 1. The van der Waals surface area contributed by atoms with Crippen molar-refractivity contribution in [1.82, 2.24) is 0 Å². The number of ether oxygens (including phenoxy) is 1. The minimum Gasteiger partial charge on any atom is -0.465 e. The second kappa shape index (κ2) is 6.75. The van der Waals surface area contributed by atoms with Gasteiger partial charge < -0.3 is 4.74 Å². The van der Waals surface area contributed by atoms with E-state index in [1.165, 1.54) is 24.3 Å². The van der Waals surface area contributed by atoms with Crippen LogP contribution < -0.4 is 0 Å². The molecule has 0 amide bonds. The Bertz CT molecular complexity index is 967. The fraction of sp³-hybridized carbons (Fsp3) is 0.263. The van der Waals surface area contributed by atoms with Crippen LogP contribution in [0.3, 0.4) is 0 Å². The van der Waals surface area contributed by atoms with E-state index in [4.69, 9.17) is 16.3 Å². The molecule has 0 heterocycles. The van der Waals surface area contributed by atoms with Crippen LogP contribution in [0.15, 0.2) is 59.5 Å². The summed E-state index contributed by atoms with van der Waals surface area (Å²) in [5.41, 5.74) is -1.14. The molecule has 1 fully saturated rings. The summed E-state index contributed by atoms with van der Waals surface area (Å²) in [6.45, 7) is 1.68.